The summed E-state index contributed by atoms with van der Waals surface area (Å²) >= 11 is 0. The summed E-state index contributed by atoms with van der Waals surface area (Å²) in [4.78, 5) is 19.2. The van der Waals surface area contributed by atoms with E-state index < -0.39 is 0 Å². The summed E-state index contributed by atoms with van der Waals surface area (Å²) in [6.45, 7) is 2.30. The number of aliphatic imine (C=N–C) groups is 1. The summed E-state index contributed by atoms with van der Waals surface area (Å²) in [6, 6.07) is 13.4. The van der Waals surface area contributed by atoms with Gasteiger partial charge in [-0.3, -0.25) is 9.83 Å². The topological polar surface area (TPSA) is 86.7 Å². The Balaban J connectivity index is 1.49. The molecule has 1 atom stereocenters. The van der Waals surface area contributed by atoms with E-state index in [4.69, 9.17) is 19.0 Å². The van der Waals surface area contributed by atoms with E-state index in [2.05, 4.69) is 15.4 Å². The van der Waals surface area contributed by atoms with Crippen molar-refractivity contribution in [2.24, 2.45) is 4.99 Å². The molecule has 1 aliphatic rings. The van der Waals surface area contributed by atoms with Crippen LogP contribution in [0, 0.1) is 6.92 Å². The van der Waals surface area contributed by atoms with Gasteiger partial charge in [-0.1, -0.05) is 18.2 Å². The van der Waals surface area contributed by atoms with Crippen LogP contribution >= 0.6 is 0 Å². The second-order valence-electron chi connectivity index (χ2n) is 6.74. The molecule has 0 bridgehead atoms. The number of benzene rings is 1. The zero-order valence-electron chi connectivity index (χ0n) is 16.0. The molecule has 3 aromatic heterocycles. The highest BCUT2D eigenvalue weighted by atomic mass is 16.6. The predicted molar refractivity (Wildman–Crippen MR) is 107 cm³/mol. The Morgan fingerprint density at radius 2 is 2.10 bits per heavy atom. The van der Waals surface area contributed by atoms with Gasteiger partial charge in [0.15, 0.2) is 5.84 Å². The maximum Gasteiger partial charge on any atom is 0.238 e. The number of fused-ring (bicyclic) bond motifs is 1. The maximum absolute atomic E-state index is 5.95. The van der Waals surface area contributed by atoms with Crippen LogP contribution < -0.4 is 10.2 Å². The number of pyridine rings is 1. The molecule has 4 aromatic rings. The highest BCUT2D eigenvalue weighted by molar-refractivity contribution is 5.97. The molecule has 8 nitrogen and oxygen atoms in total. The maximum atomic E-state index is 5.95. The molecule has 0 saturated carbocycles. The number of nitrogens with zero attached hydrogens (tertiary/aromatic N) is 4. The summed E-state index contributed by atoms with van der Waals surface area (Å²) in [7, 11) is 1.59. The first kappa shape index (κ1) is 17.4. The first-order valence-electron chi connectivity index (χ1n) is 9.22. The van der Waals surface area contributed by atoms with E-state index in [1.807, 2.05) is 60.2 Å². The van der Waals surface area contributed by atoms with Gasteiger partial charge in [-0.15, -0.1) is 0 Å². The average molecular weight is 389 g/mol. The number of nitrogens with one attached hydrogen (secondary N) is 1. The van der Waals surface area contributed by atoms with Crippen molar-refractivity contribution in [2.75, 3.05) is 13.7 Å². The molecule has 0 radical (unpaired) electrons. The normalized spacial score (nSPS) is 16.5. The average Bonchev–Trinajstić information content (AvgIpc) is 3.39. The van der Waals surface area contributed by atoms with Crippen LogP contribution in [0.2, 0.25) is 0 Å². The third kappa shape index (κ3) is 3.23. The standard InChI is InChI=1S/C21H19N5O3/c1-13-10-26(12-22-13)17-8-7-15(24-21(17)27-2)20-23-16(11-28-25-20)19-9-14-5-3-4-6-18(14)29-19/h3-10,12,16H,11H2,1-2H3,(H,23,25)/t16-/m1/s1. The number of hydroxylamine groups is 1. The van der Waals surface area contributed by atoms with Gasteiger partial charge in [0.05, 0.1) is 19.1 Å². The van der Waals surface area contributed by atoms with Gasteiger partial charge in [-0.25, -0.2) is 15.4 Å². The lowest BCUT2D eigenvalue weighted by atomic mass is 10.2. The van der Waals surface area contributed by atoms with Gasteiger partial charge >= 0.3 is 0 Å². The second kappa shape index (κ2) is 7.06. The third-order valence-electron chi connectivity index (χ3n) is 4.73. The largest absolute Gasteiger partial charge is 0.479 e. The fourth-order valence-corrected chi connectivity index (χ4v) is 3.30. The van der Waals surface area contributed by atoms with E-state index in [-0.39, 0.29) is 6.04 Å². The molecule has 29 heavy (non-hydrogen) atoms. The van der Waals surface area contributed by atoms with Crippen LogP contribution in [0.15, 0.2) is 64.4 Å². The third-order valence-corrected chi connectivity index (χ3v) is 4.73. The molecule has 4 heterocycles. The number of aryl methyl sites for hydroxylation is 1. The Hall–Kier alpha value is -3.65. The predicted octanol–water partition coefficient (Wildman–Crippen LogP) is 3.35. The Morgan fingerprint density at radius 3 is 2.90 bits per heavy atom. The van der Waals surface area contributed by atoms with Crippen LogP contribution in [0.5, 0.6) is 5.88 Å². The first-order chi connectivity index (χ1) is 14.2. The minimum Gasteiger partial charge on any atom is -0.479 e. The number of hydrogen-bond acceptors (Lipinski definition) is 7. The summed E-state index contributed by atoms with van der Waals surface area (Å²) in [5.41, 5.74) is 6.01. The van der Waals surface area contributed by atoms with Gasteiger partial charge in [-0.05, 0) is 31.2 Å². The van der Waals surface area contributed by atoms with Crippen molar-refractivity contribution in [3.8, 4) is 11.6 Å². The molecule has 0 spiro atoms. The number of hydrogen-bond donors (Lipinski definition) is 1. The molecule has 1 aliphatic heterocycles. The van der Waals surface area contributed by atoms with Crippen molar-refractivity contribution >= 4 is 16.8 Å². The van der Waals surface area contributed by atoms with Crippen LogP contribution in [0.4, 0.5) is 0 Å². The van der Waals surface area contributed by atoms with E-state index in [0.29, 0.717) is 24.0 Å². The molecular formula is C21H19N5O3. The van der Waals surface area contributed by atoms with E-state index in [9.17, 15) is 0 Å². The van der Waals surface area contributed by atoms with Crippen molar-refractivity contribution in [3.05, 3.63) is 72.1 Å². The van der Waals surface area contributed by atoms with E-state index in [1.54, 1.807) is 13.4 Å². The molecule has 1 N–H and O–H groups in total. The minimum absolute atomic E-state index is 0.262. The SMILES string of the molecule is COc1nc(C2=N[C@@H](c3cc4ccccc4o3)CON2)ccc1-n1cnc(C)c1. The molecule has 0 saturated heterocycles. The molecule has 0 aliphatic carbocycles. The highest BCUT2D eigenvalue weighted by Crippen LogP contribution is 2.28. The molecular weight excluding hydrogens is 370 g/mol. The van der Waals surface area contributed by atoms with E-state index in [0.717, 1.165) is 28.1 Å². The van der Waals surface area contributed by atoms with Crippen LogP contribution in [-0.4, -0.2) is 34.1 Å². The number of rotatable bonds is 4. The van der Waals surface area contributed by atoms with Crippen molar-refractivity contribution in [1.82, 2.24) is 20.0 Å². The monoisotopic (exact) mass is 389 g/mol. The number of ether oxygens (including phenoxy) is 1. The van der Waals surface area contributed by atoms with Crippen LogP contribution in [0.3, 0.4) is 0 Å². The van der Waals surface area contributed by atoms with Gasteiger partial charge < -0.3 is 13.7 Å². The number of furan rings is 1. The zero-order valence-corrected chi connectivity index (χ0v) is 16.0. The molecule has 0 amide bonds. The number of aromatic nitrogens is 3. The Labute approximate surface area is 166 Å². The van der Waals surface area contributed by atoms with Gasteiger partial charge in [0, 0.05) is 11.6 Å². The van der Waals surface area contributed by atoms with Crippen molar-refractivity contribution in [2.45, 2.75) is 13.0 Å². The lowest BCUT2D eigenvalue weighted by Gasteiger charge is -2.20. The minimum atomic E-state index is -0.262. The van der Waals surface area contributed by atoms with Gasteiger partial charge in [0.2, 0.25) is 5.88 Å². The highest BCUT2D eigenvalue weighted by Gasteiger charge is 2.23. The lowest BCUT2D eigenvalue weighted by Crippen LogP contribution is -2.33. The summed E-state index contributed by atoms with van der Waals surface area (Å²) < 4.78 is 13.3. The van der Waals surface area contributed by atoms with Crippen molar-refractivity contribution < 1.29 is 14.0 Å². The number of para-hydroxylation sites is 1. The zero-order chi connectivity index (χ0) is 19.8. The summed E-state index contributed by atoms with van der Waals surface area (Å²) in [6.07, 6.45) is 3.64. The molecule has 1 aromatic carbocycles. The van der Waals surface area contributed by atoms with Crippen LogP contribution in [0.1, 0.15) is 23.2 Å². The van der Waals surface area contributed by atoms with Crippen molar-refractivity contribution in [1.29, 1.82) is 0 Å². The fourth-order valence-electron chi connectivity index (χ4n) is 3.30. The molecule has 5 rings (SSSR count). The smallest absolute Gasteiger partial charge is 0.238 e. The number of methoxy groups -OCH3 is 1. The first-order valence-corrected chi connectivity index (χ1v) is 9.22. The molecule has 146 valence electrons. The lowest BCUT2D eigenvalue weighted by molar-refractivity contribution is 0.0581. The van der Waals surface area contributed by atoms with Gasteiger partial charge in [0.25, 0.3) is 0 Å². The quantitative estimate of drug-likeness (QED) is 0.576. The Bertz CT molecular complexity index is 1180. The summed E-state index contributed by atoms with van der Waals surface area (Å²) in [5, 5.41) is 1.04. The number of imidazole rings is 1. The molecule has 0 unspecified atom stereocenters. The summed E-state index contributed by atoms with van der Waals surface area (Å²) in [5.74, 6) is 1.74. The second-order valence-corrected chi connectivity index (χ2v) is 6.74. The Morgan fingerprint density at radius 1 is 1.21 bits per heavy atom. The Kier molecular flexibility index (Phi) is 4.25. The van der Waals surface area contributed by atoms with E-state index >= 15 is 0 Å². The van der Waals surface area contributed by atoms with Crippen LogP contribution in [-0.2, 0) is 4.84 Å². The van der Waals surface area contributed by atoms with Gasteiger partial charge in [0.1, 0.15) is 35.4 Å². The molecule has 0 fully saturated rings. The van der Waals surface area contributed by atoms with Gasteiger partial charge in [-0.2, -0.15) is 0 Å². The number of amidine groups is 1. The van der Waals surface area contributed by atoms with Crippen LogP contribution in [0.25, 0.3) is 16.7 Å². The van der Waals surface area contributed by atoms with E-state index in [1.165, 1.54) is 0 Å². The molecule has 8 heteroatoms. The fraction of sp³-hybridized carbons (Fsp3) is 0.190. The van der Waals surface area contributed by atoms with Crippen molar-refractivity contribution in [3.63, 3.8) is 0 Å².